The number of hydrogen-bond donors (Lipinski definition) is 2. The minimum absolute atomic E-state index is 0.0180. The van der Waals surface area contributed by atoms with Crippen molar-refractivity contribution in [1.29, 1.82) is 0 Å². The summed E-state index contributed by atoms with van der Waals surface area (Å²) in [5.74, 6) is 0. The van der Waals surface area contributed by atoms with Crippen LogP contribution in [0.25, 0.3) is 0 Å². The van der Waals surface area contributed by atoms with Crippen molar-refractivity contribution in [2.24, 2.45) is 0 Å². The largest absolute Gasteiger partial charge is 0.388 e. The molecule has 2 N–H and O–H groups in total. The zero-order valence-electron chi connectivity index (χ0n) is 10.5. The lowest BCUT2D eigenvalue weighted by atomic mass is 10.2. The molecule has 0 amide bonds. The first-order valence-electron chi connectivity index (χ1n) is 5.69. The fourth-order valence-corrected chi connectivity index (χ4v) is 2.46. The fraction of sp³-hybridized carbons (Fsp3) is 0.0769. The number of anilines is 3. The van der Waals surface area contributed by atoms with Crippen molar-refractivity contribution in [3.05, 3.63) is 56.0 Å². The summed E-state index contributed by atoms with van der Waals surface area (Å²) in [5.41, 5.74) is 2.07. The van der Waals surface area contributed by atoms with E-state index in [0.717, 1.165) is 10.2 Å². The van der Waals surface area contributed by atoms with Crippen molar-refractivity contribution >= 4 is 50.3 Å². The van der Waals surface area contributed by atoms with Crippen LogP contribution in [0.5, 0.6) is 0 Å². The molecule has 20 heavy (non-hydrogen) atoms. The van der Waals surface area contributed by atoms with Gasteiger partial charge in [0.2, 0.25) is 0 Å². The molecule has 2 rings (SSSR count). The van der Waals surface area contributed by atoms with Crippen molar-refractivity contribution in [3.63, 3.8) is 0 Å². The van der Waals surface area contributed by atoms with Gasteiger partial charge in [0.15, 0.2) is 0 Å². The molecule has 0 radical (unpaired) electrons. The molecule has 0 aliphatic heterocycles. The third-order valence-electron chi connectivity index (χ3n) is 2.63. The van der Waals surface area contributed by atoms with E-state index in [2.05, 4.69) is 26.6 Å². The highest BCUT2D eigenvalue weighted by Crippen LogP contribution is 2.31. The Kier molecular flexibility index (Phi) is 4.46. The maximum atomic E-state index is 10.9. The Morgan fingerprint density at radius 3 is 2.50 bits per heavy atom. The number of non-ortho nitro benzene ring substituents is 1. The standard InChI is InChI=1S/C13H11BrClN3O2/c1-16-9-5-10(7-11(6-9)18(19)20)17-13-3-2-8(15)4-12(13)14/h2-7,16-17H,1H3. The quantitative estimate of drug-likeness (QED) is 0.610. The van der Waals surface area contributed by atoms with Gasteiger partial charge < -0.3 is 10.6 Å². The summed E-state index contributed by atoms with van der Waals surface area (Å²) in [6, 6.07) is 10.0. The highest BCUT2D eigenvalue weighted by molar-refractivity contribution is 9.10. The minimum atomic E-state index is -0.428. The van der Waals surface area contributed by atoms with E-state index in [9.17, 15) is 10.1 Å². The van der Waals surface area contributed by atoms with Crippen LogP contribution in [0, 0.1) is 10.1 Å². The van der Waals surface area contributed by atoms with Crippen LogP contribution in [-0.4, -0.2) is 12.0 Å². The monoisotopic (exact) mass is 355 g/mol. The Hall–Kier alpha value is -1.79. The Morgan fingerprint density at radius 2 is 1.90 bits per heavy atom. The van der Waals surface area contributed by atoms with Gasteiger partial charge in [-0.25, -0.2) is 0 Å². The number of hydrogen-bond acceptors (Lipinski definition) is 4. The predicted molar refractivity (Wildman–Crippen MR) is 85.1 cm³/mol. The Morgan fingerprint density at radius 1 is 1.20 bits per heavy atom. The summed E-state index contributed by atoms with van der Waals surface area (Å²) in [7, 11) is 1.71. The van der Waals surface area contributed by atoms with Gasteiger partial charge in [0.1, 0.15) is 0 Å². The maximum Gasteiger partial charge on any atom is 0.273 e. The lowest BCUT2D eigenvalue weighted by Crippen LogP contribution is -1.97. The summed E-state index contributed by atoms with van der Waals surface area (Å²) in [4.78, 5) is 10.5. The van der Waals surface area contributed by atoms with E-state index in [0.29, 0.717) is 16.4 Å². The lowest BCUT2D eigenvalue weighted by molar-refractivity contribution is -0.384. The number of halogens is 2. The van der Waals surface area contributed by atoms with Crippen LogP contribution in [-0.2, 0) is 0 Å². The van der Waals surface area contributed by atoms with Gasteiger partial charge >= 0.3 is 0 Å². The second-order valence-corrected chi connectivity index (χ2v) is 5.32. The number of nitrogens with one attached hydrogen (secondary N) is 2. The summed E-state index contributed by atoms with van der Waals surface area (Å²) in [5, 5.41) is 17.5. The van der Waals surface area contributed by atoms with E-state index >= 15 is 0 Å². The van der Waals surface area contributed by atoms with E-state index in [1.165, 1.54) is 12.1 Å². The number of nitrogens with zero attached hydrogens (tertiary/aromatic N) is 1. The number of benzene rings is 2. The van der Waals surface area contributed by atoms with E-state index in [4.69, 9.17) is 11.6 Å². The van der Waals surface area contributed by atoms with Crippen LogP contribution in [0.3, 0.4) is 0 Å². The lowest BCUT2D eigenvalue weighted by Gasteiger charge is -2.10. The van der Waals surface area contributed by atoms with Crippen LogP contribution < -0.4 is 10.6 Å². The average molecular weight is 357 g/mol. The molecular formula is C13H11BrClN3O2. The first-order chi connectivity index (χ1) is 9.49. The number of rotatable bonds is 4. The molecule has 0 unspecified atom stereocenters. The average Bonchev–Trinajstić information content (AvgIpc) is 2.41. The molecule has 0 saturated heterocycles. The van der Waals surface area contributed by atoms with Gasteiger partial charge in [-0.1, -0.05) is 11.6 Å². The summed E-state index contributed by atoms with van der Waals surface area (Å²) in [6.07, 6.45) is 0. The molecule has 0 aliphatic carbocycles. The minimum Gasteiger partial charge on any atom is -0.388 e. The van der Waals surface area contributed by atoms with Crippen LogP contribution in [0.1, 0.15) is 0 Å². The third kappa shape index (κ3) is 3.40. The molecule has 7 heteroatoms. The van der Waals surface area contributed by atoms with Gasteiger partial charge in [-0.05, 0) is 40.2 Å². The number of nitro benzene ring substituents is 1. The van der Waals surface area contributed by atoms with Gasteiger partial charge in [0.25, 0.3) is 5.69 Å². The van der Waals surface area contributed by atoms with Crippen LogP contribution in [0.4, 0.5) is 22.7 Å². The third-order valence-corrected chi connectivity index (χ3v) is 3.52. The van der Waals surface area contributed by atoms with Gasteiger partial charge in [-0.2, -0.15) is 0 Å². The van der Waals surface area contributed by atoms with Crippen LogP contribution in [0.2, 0.25) is 5.02 Å². The first-order valence-corrected chi connectivity index (χ1v) is 6.86. The molecule has 2 aromatic rings. The molecule has 0 saturated carbocycles. The molecule has 2 aromatic carbocycles. The van der Waals surface area contributed by atoms with Crippen LogP contribution >= 0.6 is 27.5 Å². The van der Waals surface area contributed by atoms with Gasteiger partial charge in [0, 0.05) is 40.1 Å². The fourth-order valence-electron chi connectivity index (χ4n) is 1.68. The molecule has 0 heterocycles. The normalized spacial score (nSPS) is 10.2. The topological polar surface area (TPSA) is 67.2 Å². The highest BCUT2D eigenvalue weighted by Gasteiger charge is 2.10. The highest BCUT2D eigenvalue weighted by atomic mass is 79.9. The molecule has 0 spiro atoms. The van der Waals surface area contributed by atoms with Gasteiger partial charge in [-0.3, -0.25) is 10.1 Å². The number of nitro groups is 1. The van der Waals surface area contributed by atoms with Crippen molar-refractivity contribution in [3.8, 4) is 0 Å². The van der Waals surface area contributed by atoms with Crippen molar-refractivity contribution in [2.75, 3.05) is 17.7 Å². The summed E-state index contributed by atoms with van der Waals surface area (Å²) in [6.45, 7) is 0. The van der Waals surface area contributed by atoms with E-state index in [1.807, 2.05) is 0 Å². The van der Waals surface area contributed by atoms with E-state index < -0.39 is 4.92 Å². The summed E-state index contributed by atoms with van der Waals surface area (Å²) >= 11 is 9.27. The smallest absolute Gasteiger partial charge is 0.273 e. The molecule has 0 bridgehead atoms. The molecule has 0 atom stereocenters. The van der Waals surface area contributed by atoms with Gasteiger partial charge in [0.05, 0.1) is 10.6 Å². The predicted octanol–water partition coefficient (Wildman–Crippen LogP) is 4.80. The summed E-state index contributed by atoms with van der Waals surface area (Å²) < 4.78 is 0.780. The van der Waals surface area contributed by atoms with Crippen molar-refractivity contribution in [2.45, 2.75) is 0 Å². The zero-order valence-corrected chi connectivity index (χ0v) is 12.8. The molecule has 5 nitrogen and oxygen atoms in total. The van der Waals surface area contributed by atoms with E-state index in [-0.39, 0.29) is 5.69 Å². The Balaban J connectivity index is 2.37. The maximum absolute atomic E-state index is 10.9. The van der Waals surface area contributed by atoms with Gasteiger partial charge in [-0.15, -0.1) is 0 Å². The second-order valence-electron chi connectivity index (χ2n) is 4.02. The van der Waals surface area contributed by atoms with E-state index in [1.54, 1.807) is 31.3 Å². The SMILES string of the molecule is CNc1cc(Nc2ccc(Cl)cc2Br)cc([N+](=O)[O-])c1. The van der Waals surface area contributed by atoms with Crippen LogP contribution in [0.15, 0.2) is 40.9 Å². The zero-order chi connectivity index (χ0) is 14.7. The second kappa shape index (κ2) is 6.11. The van der Waals surface area contributed by atoms with Crippen molar-refractivity contribution in [1.82, 2.24) is 0 Å². The molecule has 0 aromatic heterocycles. The first kappa shape index (κ1) is 14.6. The molecule has 104 valence electrons. The molecular weight excluding hydrogens is 346 g/mol. The molecule has 0 fully saturated rings. The Bertz CT molecular complexity index is 664. The Labute approximate surface area is 129 Å². The molecule has 0 aliphatic rings. The van der Waals surface area contributed by atoms with Crippen molar-refractivity contribution < 1.29 is 4.92 Å².